The van der Waals surface area contributed by atoms with Crippen LogP contribution in [-0.4, -0.2) is 78.4 Å². The van der Waals surface area contributed by atoms with Crippen molar-refractivity contribution < 1.29 is 24.3 Å². The monoisotopic (exact) mass is 567 g/mol. The van der Waals surface area contributed by atoms with Gasteiger partial charge in [0.15, 0.2) is 0 Å². The van der Waals surface area contributed by atoms with Gasteiger partial charge in [-0.2, -0.15) is 0 Å². The van der Waals surface area contributed by atoms with Crippen molar-refractivity contribution >= 4 is 46.3 Å². The fourth-order valence-electron chi connectivity index (χ4n) is 5.14. The van der Waals surface area contributed by atoms with Gasteiger partial charge in [0.25, 0.3) is 11.8 Å². The third-order valence-corrected chi connectivity index (χ3v) is 7.55. The summed E-state index contributed by atoms with van der Waals surface area (Å²) in [6, 6.07) is 19.4. The molecule has 0 atom stereocenters. The lowest BCUT2D eigenvalue weighted by molar-refractivity contribution is -0.132. The van der Waals surface area contributed by atoms with Gasteiger partial charge >= 0.3 is 5.97 Å². The Hall–Kier alpha value is -4.96. The van der Waals surface area contributed by atoms with Gasteiger partial charge in [0, 0.05) is 56.0 Å². The molecular weight excluding hydrogens is 534 g/mol. The number of benzene rings is 3. The molecule has 2 aliphatic heterocycles. The van der Waals surface area contributed by atoms with Gasteiger partial charge in [0.2, 0.25) is 5.91 Å². The van der Waals surface area contributed by atoms with Crippen molar-refractivity contribution in [3.8, 4) is 0 Å². The molecule has 0 aromatic heterocycles. The summed E-state index contributed by atoms with van der Waals surface area (Å²) in [5, 5.41) is 18.5. The Morgan fingerprint density at radius 1 is 0.929 bits per heavy atom. The number of nitrogens with one attached hydrogen (secondary N) is 3. The van der Waals surface area contributed by atoms with Crippen LogP contribution in [-0.2, 0) is 9.59 Å². The van der Waals surface area contributed by atoms with E-state index < -0.39 is 5.97 Å². The fourth-order valence-corrected chi connectivity index (χ4v) is 5.14. The Morgan fingerprint density at radius 2 is 1.62 bits per heavy atom. The summed E-state index contributed by atoms with van der Waals surface area (Å²) < 4.78 is 0. The number of aromatic carboxylic acids is 1. The van der Waals surface area contributed by atoms with Gasteiger partial charge < -0.3 is 30.9 Å². The van der Waals surface area contributed by atoms with Crippen LogP contribution >= 0.6 is 0 Å². The Kier molecular flexibility index (Phi) is 8.35. The van der Waals surface area contributed by atoms with Gasteiger partial charge in [-0.05, 0) is 61.5 Å². The number of piperazine rings is 1. The predicted octanol–water partition coefficient (Wildman–Crippen LogP) is 3.52. The fraction of sp³-hybridized carbons (Fsp3) is 0.250. The van der Waals surface area contributed by atoms with Crippen LogP contribution in [0.5, 0.6) is 0 Å². The van der Waals surface area contributed by atoms with Crippen LogP contribution in [0.2, 0.25) is 0 Å². The van der Waals surface area contributed by atoms with E-state index in [0.29, 0.717) is 52.4 Å². The summed E-state index contributed by atoms with van der Waals surface area (Å²) >= 11 is 0. The van der Waals surface area contributed by atoms with Crippen LogP contribution in [0.4, 0.5) is 11.4 Å². The molecule has 3 aromatic carbocycles. The zero-order valence-corrected chi connectivity index (χ0v) is 23.6. The van der Waals surface area contributed by atoms with E-state index >= 15 is 0 Å². The molecular formula is C32H33N5O5. The van der Waals surface area contributed by atoms with Gasteiger partial charge in [0.1, 0.15) is 0 Å². The van der Waals surface area contributed by atoms with E-state index in [4.69, 9.17) is 0 Å². The maximum absolute atomic E-state index is 13.2. The van der Waals surface area contributed by atoms with E-state index in [1.54, 1.807) is 37.3 Å². The zero-order valence-electron chi connectivity index (χ0n) is 23.6. The number of carboxylic acid groups (broad SMARTS) is 1. The second-order valence-electron chi connectivity index (χ2n) is 10.5. The van der Waals surface area contributed by atoms with E-state index in [1.165, 1.54) is 6.07 Å². The Bertz CT molecular complexity index is 1560. The van der Waals surface area contributed by atoms with Crippen molar-refractivity contribution in [2.45, 2.75) is 13.3 Å². The number of fused-ring (bicyclic) bond motifs is 1. The van der Waals surface area contributed by atoms with E-state index in [2.05, 4.69) is 20.9 Å². The molecule has 2 aliphatic rings. The number of carbonyl (C=O) groups excluding carboxylic acids is 3. The number of rotatable bonds is 8. The third-order valence-electron chi connectivity index (χ3n) is 7.55. The van der Waals surface area contributed by atoms with Gasteiger partial charge in [-0.3, -0.25) is 14.4 Å². The van der Waals surface area contributed by atoms with Crippen molar-refractivity contribution in [2.24, 2.45) is 0 Å². The van der Waals surface area contributed by atoms with E-state index in [1.807, 2.05) is 42.3 Å². The molecule has 2 heterocycles. The summed E-state index contributed by atoms with van der Waals surface area (Å²) in [5.41, 5.74) is 4.53. The molecule has 0 saturated carbocycles. The van der Waals surface area contributed by atoms with Crippen molar-refractivity contribution in [3.05, 3.63) is 94.5 Å². The lowest BCUT2D eigenvalue weighted by Gasteiger charge is -2.32. The van der Waals surface area contributed by atoms with Crippen molar-refractivity contribution in [2.75, 3.05) is 50.4 Å². The molecule has 3 amide bonds. The molecule has 42 heavy (non-hydrogen) atoms. The van der Waals surface area contributed by atoms with Gasteiger partial charge in [0.05, 0.1) is 22.5 Å². The number of hydrogen-bond donors (Lipinski definition) is 4. The number of aryl methyl sites for hydroxylation is 1. The van der Waals surface area contributed by atoms with Crippen LogP contribution in [0, 0.1) is 6.92 Å². The molecule has 0 radical (unpaired) electrons. The minimum absolute atomic E-state index is 0.0383. The highest BCUT2D eigenvalue weighted by Crippen LogP contribution is 2.39. The lowest BCUT2D eigenvalue weighted by atomic mass is 9.96. The van der Waals surface area contributed by atoms with Crippen molar-refractivity contribution in [1.29, 1.82) is 0 Å². The number of anilines is 2. The molecule has 3 aromatic rings. The summed E-state index contributed by atoms with van der Waals surface area (Å²) in [6.45, 7) is 5.06. The molecule has 0 bridgehead atoms. The highest BCUT2D eigenvalue weighted by atomic mass is 16.4. The standard InChI is InChI=1S/C32H33N5O5/c1-20-18-25-26(19-24(20)32(41)42)35-31(40)28(25)29(21-6-4-3-5-7-21)34-23-10-8-22(9-11-23)30(39)33-13-12-27(38)37-16-14-36(2)15-17-37/h3-11,18-19,34H,12-17H2,1-2H3,(H,33,39)(H,35,40)(H,41,42). The van der Waals surface area contributed by atoms with Crippen molar-refractivity contribution in [1.82, 2.24) is 15.1 Å². The number of carboxylic acids is 1. The number of nitrogens with zero attached hydrogens (tertiary/aromatic N) is 2. The number of carbonyl (C=O) groups is 4. The molecule has 4 N–H and O–H groups in total. The number of hydrogen-bond acceptors (Lipinski definition) is 6. The highest BCUT2D eigenvalue weighted by molar-refractivity contribution is 6.37. The SMILES string of the molecule is Cc1cc2c(cc1C(=O)O)NC(=O)C2=C(Nc1ccc(C(=O)NCCC(=O)N2CCN(C)CC2)cc1)c1ccccc1. The van der Waals surface area contributed by atoms with Crippen LogP contribution in [0.15, 0.2) is 66.7 Å². The molecule has 0 unspecified atom stereocenters. The first kappa shape index (κ1) is 28.6. The number of likely N-dealkylation sites (N-methyl/N-ethyl adjacent to an activating group) is 1. The Labute approximate surface area is 244 Å². The largest absolute Gasteiger partial charge is 0.478 e. The summed E-state index contributed by atoms with van der Waals surface area (Å²) in [5.74, 6) is -1.64. The average Bonchev–Trinajstić information content (AvgIpc) is 3.30. The molecule has 5 rings (SSSR count). The molecule has 216 valence electrons. The van der Waals surface area contributed by atoms with Gasteiger partial charge in [-0.25, -0.2) is 4.79 Å². The zero-order chi connectivity index (χ0) is 29.8. The summed E-state index contributed by atoms with van der Waals surface area (Å²) in [6.07, 6.45) is 0.250. The molecule has 0 aliphatic carbocycles. The molecule has 10 nitrogen and oxygen atoms in total. The smallest absolute Gasteiger partial charge is 0.336 e. The van der Waals surface area contributed by atoms with Crippen LogP contribution in [0.25, 0.3) is 11.3 Å². The first-order valence-electron chi connectivity index (χ1n) is 13.8. The summed E-state index contributed by atoms with van der Waals surface area (Å²) in [7, 11) is 2.03. The number of amides is 3. The van der Waals surface area contributed by atoms with Crippen LogP contribution in [0.1, 0.15) is 43.8 Å². The van der Waals surface area contributed by atoms with E-state index in [9.17, 15) is 24.3 Å². The predicted molar refractivity (Wildman–Crippen MR) is 161 cm³/mol. The first-order valence-corrected chi connectivity index (χ1v) is 13.8. The van der Waals surface area contributed by atoms with Crippen LogP contribution < -0.4 is 16.0 Å². The first-order chi connectivity index (χ1) is 20.2. The quantitative estimate of drug-likeness (QED) is 0.307. The molecule has 1 saturated heterocycles. The molecule has 1 fully saturated rings. The van der Waals surface area contributed by atoms with Gasteiger partial charge in [-0.15, -0.1) is 0 Å². The molecule has 10 heteroatoms. The Balaban J connectivity index is 1.32. The highest BCUT2D eigenvalue weighted by Gasteiger charge is 2.30. The maximum atomic E-state index is 13.2. The second kappa shape index (κ2) is 12.3. The van der Waals surface area contributed by atoms with Crippen molar-refractivity contribution in [3.63, 3.8) is 0 Å². The van der Waals surface area contributed by atoms with E-state index in [-0.39, 0.29) is 36.3 Å². The van der Waals surface area contributed by atoms with Gasteiger partial charge in [-0.1, -0.05) is 30.3 Å². The molecule has 0 spiro atoms. The average molecular weight is 568 g/mol. The second-order valence-corrected chi connectivity index (χ2v) is 10.5. The van der Waals surface area contributed by atoms with E-state index in [0.717, 1.165) is 18.7 Å². The topological polar surface area (TPSA) is 131 Å². The van der Waals surface area contributed by atoms with Crippen LogP contribution in [0.3, 0.4) is 0 Å². The summed E-state index contributed by atoms with van der Waals surface area (Å²) in [4.78, 5) is 54.0. The lowest BCUT2D eigenvalue weighted by Crippen LogP contribution is -2.47. The maximum Gasteiger partial charge on any atom is 0.336 e. The third kappa shape index (κ3) is 6.18. The normalized spacial score (nSPS) is 16.0. The Morgan fingerprint density at radius 3 is 2.29 bits per heavy atom. The minimum atomic E-state index is -1.06. The minimum Gasteiger partial charge on any atom is -0.478 e.